The van der Waals surface area contributed by atoms with Crippen molar-refractivity contribution >= 4 is 28.8 Å². The molecule has 2 aromatic rings. The first-order valence-electron chi connectivity index (χ1n) is 5.79. The fourth-order valence-corrected chi connectivity index (χ4v) is 2.31. The molecule has 0 aliphatic rings. The monoisotopic (exact) mass is 298 g/mol. The van der Waals surface area contributed by atoms with Crippen molar-refractivity contribution in [3.8, 4) is 0 Å². The molecule has 0 saturated carbocycles. The number of hydrogen-bond acceptors (Lipinski definition) is 5. The number of hydrogen-bond donors (Lipinski definition) is 2. The average Bonchev–Trinajstić information content (AvgIpc) is 2.88. The molecule has 0 spiro atoms. The van der Waals surface area contributed by atoms with E-state index in [0.29, 0.717) is 5.69 Å². The van der Waals surface area contributed by atoms with E-state index in [0.717, 1.165) is 17.6 Å². The Labute approximate surface area is 118 Å². The lowest BCUT2D eigenvalue weighted by Gasteiger charge is -2.10. The summed E-state index contributed by atoms with van der Waals surface area (Å²) in [5, 5.41) is 6.12. The van der Waals surface area contributed by atoms with E-state index in [1.54, 1.807) is 0 Å². The van der Waals surface area contributed by atoms with Gasteiger partial charge in [-0.05, 0) is 29.6 Å². The second kappa shape index (κ2) is 5.49. The van der Waals surface area contributed by atoms with Gasteiger partial charge in [0.1, 0.15) is 10.6 Å². The molecule has 0 aliphatic heterocycles. The molecule has 5 nitrogen and oxygen atoms in total. The second-order valence-corrected chi connectivity index (χ2v) is 5.18. The van der Waals surface area contributed by atoms with Crippen molar-refractivity contribution in [3.05, 3.63) is 34.3 Å². The molecular weight excluding hydrogens is 286 g/mol. The highest BCUT2D eigenvalue weighted by atomic mass is 32.1. The highest BCUT2D eigenvalue weighted by Gasteiger charge is 2.21. The van der Waals surface area contributed by atoms with Crippen molar-refractivity contribution in [1.82, 2.24) is 9.59 Å². The third-order valence-corrected chi connectivity index (χ3v) is 3.37. The summed E-state index contributed by atoms with van der Waals surface area (Å²) in [6.45, 7) is 3.70. The lowest BCUT2D eigenvalue weighted by atomic mass is 10.1. The Morgan fingerprint density at radius 1 is 1.40 bits per heavy atom. The fraction of sp³-hybridized carbons (Fsp3) is 0.250. The number of nitrogens with two attached hydrogens (primary N) is 1. The van der Waals surface area contributed by atoms with Crippen LogP contribution in [0.4, 0.5) is 20.2 Å². The highest BCUT2D eigenvalue weighted by molar-refractivity contribution is 7.08. The zero-order chi connectivity index (χ0) is 14.9. The number of amides is 1. The van der Waals surface area contributed by atoms with Gasteiger partial charge in [-0.25, -0.2) is 8.78 Å². The number of benzene rings is 1. The molecule has 0 unspecified atom stereocenters. The second-order valence-electron chi connectivity index (χ2n) is 4.42. The molecule has 20 heavy (non-hydrogen) atoms. The number of carbonyl (C=O) groups is 1. The molecule has 1 aromatic carbocycles. The number of aromatic nitrogens is 2. The normalized spacial score (nSPS) is 10.8. The maximum Gasteiger partial charge on any atom is 0.269 e. The Kier molecular flexibility index (Phi) is 3.93. The molecule has 2 rings (SSSR count). The maximum absolute atomic E-state index is 13.6. The predicted octanol–water partition coefficient (Wildman–Crippen LogP) is 2.77. The van der Waals surface area contributed by atoms with Gasteiger partial charge in [-0.1, -0.05) is 18.3 Å². The minimum absolute atomic E-state index is 0.01000. The van der Waals surface area contributed by atoms with E-state index in [2.05, 4.69) is 14.9 Å². The Bertz CT molecular complexity index is 657. The van der Waals surface area contributed by atoms with E-state index in [1.165, 1.54) is 6.07 Å². The van der Waals surface area contributed by atoms with Gasteiger partial charge in [-0.3, -0.25) is 4.79 Å². The summed E-state index contributed by atoms with van der Waals surface area (Å²) in [7, 11) is 0. The van der Waals surface area contributed by atoms with E-state index in [1.807, 2.05) is 13.8 Å². The number of carbonyl (C=O) groups excluding carboxylic acids is 1. The van der Waals surface area contributed by atoms with Crippen LogP contribution in [0, 0.1) is 11.6 Å². The summed E-state index contributed by atoms with van der Waals surface area (Å²) in [6, 6.07) is 2.08. The third-order valence-electron chi connectivity index (χ3n) is 2.63. The van der Waals surface area contributed by atoms with Crippen LogP contribution in [-0.4, -0.2) is 15.5 Å². The predicted molar refractivity (Wildman–Crippen MR) is 72.7 cm³/mol. The summed E-state index contributed by atoms with van der Waals surface area (Å²) >= 11 is 0.891. The van der Waals surface area contributed by atoms with E-state index in [-0.39, 0.29) is 22.2 Å². The first-order valence-corrected chi connectivity index (χ1v) is 6.56. The van der Waals surface area contributed by atoms with E-state index >= 15 is 0 Å². The van der Waals surface area contributed by atoms with Gasteiger partial charge in [0.05, 0.1) is 11.4 Å². The number of nitrogen functional groups attached to an aromatic ring is 1. The van der Waals surface area contributed by atoms with Crippen molar-refractivity contribution in [2.24, 2.45) is 0 Å². The van der Waals surface area contributed by atoms with Crippen LogP contribution in [0.1, 0.15) is 35.1 Å². The molecule has 106 valence electrons. The van der Waals surface area contributed by atoms with E-state index in [9.17, 15) is 13.6 Å². The zero-order valence-electron chi connectivity index (χ0n) is 10.8. The van der Waals surface area contributed by atoms with Crippen LogP contribution in [-0.2, 0) is 0 Å². The summed E-state index contributed by atoms with van der Waals surface area (Å²) in [6.07, 6.45) is 0. The van der Waals surface area contributed by atoms with Crippen molar-refractivity contribution in [3.63, 3.8) is 0 Å². The number of rotatable bonds is 3. The minimum atomic E-state index is -1.19. The van der Waals surface area contributed by atoms with Crippen LogP contribution in [0.25, 0.3) is 0 Å². The Morgan fingerprint density at radius 3 is 2.75 bits per heavy atom. The molecule has 0 aliphatic carbocycles. The molecule has 0 atom stereocenters. The molecule has 3 N–H and O–H groups in total. The number of nitrogens with one attached hydrogen (secondary N) is 1. The zero-order valence-corrected chi connectivity index (χ0v) is 11.6. The molecule has 0 saturated heterocycles. The van der Waals surface area contributed by atoms with Gasteiger partial charge in [-0.15, -0.1) is 5.10 Å². The highest BCUT2D eigenvalue weighted by Crippen LogP contribution is 2.27. The smallest absolute Gasteiger partial charge is 0.269 e. The SMILES string of the molecule is CC(C)c1nnsc1C(=O)Nc1c(N)ccc(F)c1F. The summed E-state index contributed by atoms with van der Waals surface area (Å²) in [5.74, 6) is -2.90. The van der Waals surface area contributed by atoms with Gasteiger partial charge in [0.2, 0.25) is 0 Å². The van der Waals surface area contributed by atoms with Gasteiger partial charge >= 0.3 is 0 Å². The van der Waals surface area contributed by atoms with Gasteiger partial charge < -0.3 is 11.1 Å². The van der Waals surface area contributed by atoms with Gasteiger partial charge in [0.25, 0.3) is 5.91 Å². The summed E-state index contributed by atoms with van der Waals surface area (Å²) < 4.78 is 30.5. The van der Waals surface area contributed by atoms with Crippen molar-refractivity contribution in [1.29, 1.82) is 0 Å². The Balaban J connectivity index is 2.33. The largest absolute Gasteiger partial charge is 0.397 e. The van der Waals surface area contributed by atoms with Crippen molar-refractivity contribution < 1.29 is 13.6 Å². The summed E-state index contributed by atoms with van der Waals surface area (Å²) in [5.41, 5.74) is 5.61. The molecule has 1 heterocycles. The standard InChI is InChI=1S/C12H12F2N4OS/c1-5(2)9-11(20-18-17-9)12(19)16-10-7(15)4-3-6(13)8(10)14/h3-5H,15H2,1-2H3,(H,16,19). The molecule has 0 fully saturated rings. The number of halogens is 2. The quantitative estimate of drug-likeness (QED) is 0.854. The Hall–Kier alpha value is -2.09. The minimum Gasteiger partial charge on any atom is -0.397 e. The fourth-order valence-electron chi connectivity index (χ4n) is 1.60. The molecule has 0 bridgehead atoms. The molecule has 1 amide bonds. The van der Waals surface area contributed by atoms with E-state index in [4.69, 9.17) is 5.73 Å². The van der Waals surface area contributed by atoms with Crippen LogP contribution < -0.4 is 11.1 Å². The van der Waals surface area contributed by atoms with Crippen LogP contribution in [0.5, 0.6) is 0 Å². The van der Waals surface area contributed by atoms with Gasteiger partial charge in [-0.2, -0.15) is 0 Å². The summed E-state index contributed by atoms with van der Waals surface area (Å²) in [4.78, 5) is 12.3. The van der Waals surface area contributed by atoms with Crippen molar-refractivity contribution in [2.45, 2.75) is 19.8 Å². The van der Waals surface area contributed by atoms with Crippen molar-refractivity contribution in [2.75, 3.05) is 11.1 Å². The molecule has 0 radical (unpaired) electrons. The van der Waals surface area contributed by atoms with Gasteiger partial charge in [0, 0.05) is 0 Å². The van der Waals surface area contributed by atoms with Crippen LogP contribution in [0.3, 0.4) is 0 Å². The molecule has 8 heteroatoms. The molecule has 1 aromatic heterocycles. The Morgan fingerprint density at radius 2 is 2.10 bits per heavy atom. The molecular formula is C12H12F2N4OS. The first-order chi connectivity index (χ1) is 9.41. The number of anilines is 2. The third kappa shape index (κ3) is 2.60. The van der Waals surface area contributed by atoms with E-state index < -0.39 is 17.5 Å². The average molecular weight is 298 g/mol. The number of nitrogens with zero attached hydrogens (tertiary/aromatic N) is 2. The topological polar surface area (TPSA) is 80.9 Å². The first kappa shape index (κ1) is 14.3. The van der Waals surface area contributed by atoms with Crippen LogP contribution >= 0.6 is 11.5 Å². The maximum atomic E-state index is 13.6. The lowest BCUT2D eigenvalue weighted by molar-refractivity contribution is 0.102. The van der Waals surface area contributed by atoms with Crippen LogP contribution in [0.15, 0.2) is 12.1 Å². The van der Waals surface area contributed by atoms with Gasteiger partial charge in [0.15, 0.2) is 11.6 Å². The van der Waals surface area contributed by atoms with Crippen LogP contribution in [0.2, 0.25) is 0 Å². The lowest BCUT2D eigenvalue weighted by Crippen LogP contribution is -2.16.